The van der Waals surface area contributed by atoms with E-state index in [0.717, 1.165) is 38.0 Å². The summed E-state index contributed by atoms with van der Waals surface area (Å²) in [7, 11) is -3.82. The highest BCUT2D eigenvalue weighted by Crippen LogP contribution is 2.32. The van der Waals surface area contributed by atoms with Crippen molar-refractivity contribution in [3.63, 3.8) is 0 Å². The predicted octanol–water partition coefficient (Wildman–Crippen LogP) is 4.38. The summed E-state index contributed by atoms with van der Waals surface area (Å²) >= 11 is 5.24. The summed E-state index contributed by atoms with van der Waals surface area (Å²) in [4.78, 5) is 42.3. The van der Waals surface area contributed by atoms with Gasteiger partial charge in [0.1, 0.15) is 6.54 Å². The fourth-order valence-electron chi connectivity index (χ4n) is 2.86. The van der Waals surface area contributed by atoms with Crippen LogP contribution in [0.25, 0.3) is 6.08 Å². The number of benzene rings is 2. The third-order valence-corrected chi connectivity index (χ3v) is 8.05. The average molecular weight is 579 g/mol. The second kappa shape index (κ2) is 10.1. The van der Waals surface area contributed by atoms with Gasteiger partial charge in [0.15, 0.2) is 5.13 Å². The first-order valence-corrected chi connectivity index (χ1v) is 13.5. The standard InChI is InChI=1S/C21H15BrN4O5S3/c22-14-3-1-13(2-4-14)11-17-19(28)26(21(29)33-17)12-18(27)24-15-5-7-16(8-6-15)34(30,31)25-20-23-9-10-32-20/h1-11H,12H2,(H,23,25)(H,24,27). The lowest BCUT2D eigenvalue weighted by Gasteiger charge is -2.13. The van der Waals surface area contributed by atoms with E-state index in [2.05, 4.69) is 31.0 Å². The molecule has 1 fully saturated rings. The second-order valence-electron chi connectivity index (χ2n) is 6.83. The van der Waals surface area contributed by atoms with Crippen molar-refractivity contribution < 1.29 is 22.8 Å². The minimum absolute atomic E-state index is 0.00952. The number of anilines is 2. The molecule has 4 rings (SSSR count). The predicted molar refractivity (Wildman–Crippen MR) is 135 cm³/mol. The van der Waals surface area contributed by atoms with E-state index in [9.17, 15) is 22.8 Å². The molecule has 9 nitrogen and oxygen atoms in total. The quantitative estimate of drug-likeness (QED) is 0.398. The number of halogens is 1. The first kappa shape index (κ1) is 24.1. The number of hydrogen-bond acceptors (Lipinski definition) is 8. The van der Waals surface area contributed by atoms with Crippen LogP contribution in [0.15, 0.2) is 74.4 Å². The SMILES string of the molecule is O=C(CN1C(=O)SC(=Cc2ccc(Br)cc2)C1=O)Nc1ccc(S(=O)(=O)Nc2nccs2)cc1. The molecular formula is C21H15BrN4O5S3. The van der Waals surface area contributed by atoms with Crippen molar-refractivity contribution in [2.24, 2.45) is 0 Å². The maximum absolute atomic E-state index is 12.6. The number of hydrogen-bond donors (Lipinski definition) is 2. The van der Waals surface area contributed by atoms with Crippen LogP contribution in [-0.4, -0.2) is 41.9 Å². The van der Waals surface area contributed by atoms with Crippen LogP contribution < -0.4 is 10.0 Å². The molecule has 0 aliphatic carbocycles. The molecule has 1 aliphatic rings. The summed E-state index contributed by atoms with van der Waals surface area (Å²) in [6, 6.07) is 12.7. The molecule has 2 heterocycles. The largest absolute Gasteiger partial charge is 0.325 e. The number of nitrogens with zero attached hydrogens (tertiary/aromatic N) is 2. The summed E-state index contributed by atoms with van der Waals surface area (Å²) < 4.78 is 28.0. The van der Waals surface area contributed by atoms with Gasteiger partial charge in [-0.05, 0) is 59.8 Å². The van der Waals surface area contributed by atoms with Gasteiger partial charge in [0.2, 0.25) is 5.91 Å². The van der Waals surface area contributed by atoms with Crippen LogP contribution in [0.5, 0.6) is 0 Å². The third kappa shape index (κ3) is 5.73. The molecule has 2 aromatic carbocycles. The summed E-state index contributed by atoms with van der Waals surface area (Å²) in [5, 5.41) is 3.90. The topological polar surface area (TPSA) is 126 Å². The van der Waals surface area contributed by atoms with Crippen LogP contribution in [0.2, 0.25) is 0 Å². The monoisotopic (exact) mass is 578 g/mol. The fourth-order valence-corrected chi connectivity index (χ4v) is 5.75. The summed E-state index contributed by atoms with van der Waals surface area (Å²) in [6.07, 6.45) is 3.07. The number of imide groups is 1. The highest BCUT2D eigenvalue weighted by atomic mass is 79.9. The number of amides is 3. The van der Waals surface area contributed by atoms with Crippen molar-refractivity contribution in [1.29, 1.82) is 0 Å². The Bertz CT molecular complexity index is 1370. The Morgan fingerprint density at radius 2 is 1.79 bits per heavy atom. The van der Waals surface area contributed by atoms with Gasteiger partial charge in [0, 0.05) is 21.7 Å². The lowest BCUT2D eigenvalue weighted by molar-refractivity contribution is -0.127. The van der Waals surface area contributed by atoms with Crippen molar-refractivity contribution in [3.05, 3.63) is 75.0 Å². The van der Waals surface area contributed by atoms with E-state index >= 15 is 0 Å². The Labute approximate surface area is 211 Å². The van der Waals surface area contributed by atoms with Gasteiger partial charge in [-0.25, -0.2) is 13.4 Å². The molecule has 34 heavy (non-hydrogen) atoms. The minimum atomic E-state index is -3.82. The van der Waals surface area contributed by atoms with Gasteiger partial charge in [0.05, 0.1) is 9.80 Å². The molecule has 0 unspecified atom stereocenters. The number of aromatic nitrogens is 1. The Hall–Kier alpha value is -3.00. The number of carbonyl (C=O) groups is 3. The number of carbonyl (C=O) groups excluding carboxylic acids is 3. The van der Waals surface area contributed by atoms with Crippen LogP contribution in [0, 0.1) is 0 Å². The van der Waals surface area contributed by atoms with Gasteiger partial charge in [0.25, 0.3) is 21.2 Å². The number of thioether (sulfide) groups is 1. The molecule has 2 N–H and O–H groups in total. The van der Waals surface area contributed by atoms with Crippen molar-refractivity contribution in [2.75, 3.05) is 16.6 Å². The Balaban J connectivity index is 1.38. The highest BCUT2D eigenvalue weighted by molar-refractivity contribution is 9.10. The smallest absolute Gasteiger partial charge is 0.294 e. The maximum Gasteiger partial charge on any atom is 0.294 e. The van der Waals surface area contributed by atoms with Crippen molar-refractivity contribution in [1.82, 2.24) is 9.88 Å². The number of rotatable bonds is 7. The summed E-state index contributed by atoms with van der Waals surface area (Å²) in [5.74, 6) is -1.15. The van der Waals surface area contributed by atoms with Crippen LogP contribution in [0.3, 0.4) is 0 Å². The van der Waals surface area contributed by atoms with Gasteiger partial charge in [-0.15, -0.1) is 11.3 Å². The van der Waals surface area contributed by atoms with E-state index in [1.165, 1.54) is 30.5 Å². The van der Waals surface area contributed by atoms with E-state index in [-0.39, 0.29) is 14.9 Å². The molecule has 1 aliphatic heterocycles. The van der Waals surface area contributed by atoms with Gasteiger partial charge in [-0.3, -0.25) is 24.0 Å². The molecule has 13 heteroatoms. The average Bonchev–Trinajstić information content (AvgIpc) is 3.39. The molecule has 0 saturated carbocycles. The Morgan fingerprint density at radius 1 is 1.09 bits per heavy atom. The van der Waals surface area contributed by atoms with E-state index in [4.69, 9.17) is 0 Å². The normalized spacial score (nSPS) is 15.1. The molecule has 0 spiro atoms. The number of nitrogens with one attached hydrogen (secondary N) is 2. The number of thiazole rings is 1. The molecule has 3 aromatic rings. The molecular weight excluding hydrogens is 564 g/mol. The zero-order valence-electron chi connectivity index (χ0n) is 17.1. The lowest BCUT2D eigenvalue weighted by Crippen LogP contribution is -2.36. The molecule has 0 atom stereocenters. The van der Waals surface area contributed by atoms with Crippen molar-refractivity contribution in [2.45, 2.75) is 4.90 Å². The van der Waals surface area contributed by atoms with E-state index in [1.807, 2.05) is 12.1 Å². The number of sulfonamides is 1. The molecule has 1 aromatic heterocycles. The van der Waals surface area contributed by atoms with Gasteiger partial charge in [-0.2, -0.15) is 0 Å². The molecule has 1 saturated heterocycles. The summed E-state index contributed by atoms with van der Waals surface area (Å²) in [6.45, 7) is -0.464. The Morgan fingerprint density at radius 3 is 2.44 bits per heavy atom. The zero-order valence-corrected chi connectivity index (χ0v) is 21.1. The van der Waals surface area contributed by atoms with Crippen molar-refractivity contribution >= 4 is 83.0 Å². The van der Waals surface area contributed by atoms with Crippen LogP contribution in [0.4, 0.5) is 15.6 Å². The Kier molecular flexibility index (Phi) is 7.16. The van der Waals surface area contributed by atoms with Gasteiger partial charge in [-0.1, -0.05) is 28.1 Å². The molecule has 0 radical (unpaired) electrons. The molecule has 0 bridgehead atoms. The van der Waals surface area contributed by atoms with Gasteiger partial charge >= 0.3 is 0 Å². The van der Waals surface area contributed by atoms with Crippen LogP contribution >= 0.6 is 39.0 Å². The van der Waals surface area contributed by atoms with E-state index in [1.54, 1.807) is 23.6 Å². The first-order chi connectivity index (χ1) is 16.2. The van der Waals surface area contributed by atoms with Crippen LogP contribution in [0.1, 0.15) is 5.56 Å². The second-order valence-corrected chi connectivity index (χ2v) is 11.3. The molecule has 174 valence electrons. The zero-order chi connectivity index (χ0) is 24.3. The minimum Gasteiger partial charge on any atom is -0.325 e. The summed E-state index contributed by atoms with van der Waals surface area (Å²) in [5.41, 5.74) is 1.06. The van der Waals surface area contributed by atoms with Gasteiger partial charge < -0.3 is 5.32 Å². The fraction of sp³-hybridized carbons (Fsp3) is 0.0476. The lowest BCUT2D eigenvalue weighted by atomic mass is 10.2. The maximum atomic E-state index is 12.6. The van der Waals surface area contributed by atoms with Crippen LogP contribution in [-0.2, 0) is 19.6 Å². The van der Waals surface area contributed by atoms with E-state index in [0.29, 0.717) is 5.69 Å². The molecule has 3 amide bonds. The highest BCUT2D eigenvalue weighted by Gasteiger charge is 2.36. The van der Waals surface area contributed by atoms with E-state index < -0.39 is 33.6 Å². The van der Waals surface area contributed by atoms with Crippen molar-refractivity contribution in [3.8, 4) is 0 Å². The first-order valence-electron chi connectivity index (χ1n) is 9.54. The third-order valence-electron chi connectivity index (χ3n) is 4.45.